The maximum atomic E-state index is 11.2. The first-order valence-corrected chi connectivity index (χ1v) is 6.33. The minimum Gasteiger partial charge on any atom is -0.481 e. The number of nitrogens with one attached hydrogen (secondary N) is 1. The first-order valence-electron chi connectivity index (χ1n) is 6.33. The Morgan fingerprint density at radius 1 is 1.44 bits per heavy atom. The summed E-state index contributed by atoms with van der Waals surface area (Å²) in [6.45, 7) is 4.57. The van der Waals surface area contributed by atoms with Crippen LogP contribution in [0.25, 0.3) is 0 Å². The Labute approximate surface area is 107 Å². The van der Waals surface area contributed by atoms with Crippen LogP contribution in [-0.4, -0.2) is 54.9 Å². The van der Waals surface area contributed by atoms with E-state index in [4.69, 9.17) is 5.11 Å². The Kier molecular flexibility index (Phi) is 5.91. The first kappa shape index (κ1) is 14.8. The van der Waals surface area contributed by atoms with Crippen molar-refractivity contribution in [3.8, 4) is 0 Å². The Balaban J connectivity index is 2.55. The summed E-state index contributed by atoms with van der Waals surface area (Å²) in [6.07, 6.45) is 1.42. The van der Waals surface area contributed by atoms with Crippen LogP contribution >= 0.6 is 0 Å². The summed E-state index contributed by atoms with van der Waals surface area (Å²) in [5.41, 5.74) is 0. The van der Waals surface area contributed by atoms with Gasteiger partial charge in [-0.1, -0.05) is 6.92 Å². The summed E-state index contributed by atoms with van der Waals surface area (Å²) in [7, 11) is 1.33. The van der Waals surface area contributed by atoms with Crippen LogP contribution < -0.4 is 5.32 Å². The Hall–Kier alpha value is -1.30. The fourth-order valence-electron chi connectivity index (χ4n) is 2.53. The summed E-state index contributed by atoms with van der Waals surface area (Å²) >= 11 is 0. The van der Waals surface area contributed by atoms with Gasteiger partial charge >= 0.3 is 12.1 Å². The molecule has 0 bridgehead atoms. The van der Waals surface area contributed by atoms with Crippen LogP contribution in [0.2, 0.25) is 0 Å². The van der Waals surface area contributed by atoms with Gasteiger partial charge < -0.3 is 20.1 Å². The molecular formula is C12H22N2O4. The summed E-state index contributed by atoms with van der Waals surface area (Å²) in [6, 6.07) is -0.0258. The van der Waals surface area contributed by atoms with Crippen LogP contribution in [0.4, 0.5) is 4.79 Å². The van der Waals surface area contributed by atoms with Crippen LogP contribution in [0.5, 0.6) is 0 Å². The molecule has 0 saturated carbocycles. The molecule has 1 rings (SSSR count). The second-order valence-electron chi connectivity index (χ2n) is 4.79. The van der Waals surface area contributed by atoms with E-state index in [-0.39, 0.29) is 18.4 Å². The minimum absolute atomic E-state index is 0.0258. The number of hydrogen-bond acceptors (Lipinski definition) is 4. The second-order valence-corrected chi connectivity index (χ2v) is 4.79. The highest BCUT2D eigenvalue weighted by Gasteiger charge is 2.29. The molecule has 1 heterocycles. The third-order valence-electron chi connectivity index (χ3n) is 3.12. The second kappa shape index (κ2) is 7.20. The van der Waals surface area contributed by atoms with Gasteiger partial charge in [0.1, 0.15) is 0 Å². The molecule has 0 spiro atoms. The molecule has 0 radical (unpaired) electrons. The van der Waals surface area contributed by atoms with Gasteiger partial charge in [0, 0.05) is 25.6 Å². The number of hydrogen-bond donors (Lipinski definition) is 2. The molecule has 6 heteroatoms. The van der Waals surface area contributed by atoms with Gasteiger partial charge in [-0.05, 0) is 25.3 Å². The smallest absolute Gasteiger partial charge is 0.407 e. The average Bonchev–Trinajstić information content (AvgIpc) is 2.28. The van der Waals surface area contributed by atoms with Gasteiger partial charge in [0.25, 0.3) is 0 Å². The highest BCUT2D eigenvalue weighted by atomic mass is 16.5. The van der Waals surface area contributed by atoms with E-state index in [9.17, 15) is 9.59 Å². The van der Waals surface area contributed by atoms with Gasteiger partial charge in [0.15, 0.2) is 0 Å². The van der Waals surface area contributed by atoms with Gasteiger partial charge in [-0.15, -0.1) is 0 Å². The van der Waals surface area contributed by atoms with Gasteiger partial charge in [0.2, 0.25) is 0 Å². The molecule has 1 fully saturated rings. The Bertz CT molecular complexity index is 296. The molecule has 104 valence electrons. The molecule has 2 atom stereocenters. The van der Waals surface area contributed by atoms with Gasteiger partial charge in [0.05, 0.1) is 7.11 Å². The number of amides is 1. The van der Waals surface area contributed by atoms with Gasteiger partial charge in [-0.3, -0.25) is 4.79 Å². The molecule has 2 N–H and O–H groups in total. The molecular weight excluding hydrogens is 236 g/mol. The Morgan fingerprint density at radius 2 is 2.17 bits per heavy atom. The zero-order chi connectivity index (χ0) is 13.5. The van der Waals surface area contributed by atoms with E-state index >= 15 is 0 Å². The van der Waals surface area contributed by atoms with E-state index < -0.39 is 12.1 Å². The highest BCUT2D eigenvalue weighted by molar-refractivity contribution is 5.68. The predicted octanol–water partition coefficient (Wildman–Crippen LogP) is 0.918. The molecule has 1 aliphatic heterocycles. The topological polar surface area (TPSA) is 78.9 Å². The summed E-state index contributed by atoms with van der Waals surface area (Å²) in [5, 5.41) is 11.6. The van der Waals surface area contributed by atoms with Crippen molar-refractivity contribution in [3.05, 3.63) is 0 Å². The van der Waals surface area contributed by atoms with Crippen molar-refractivity contribution in [2.75, 3.05) is 26.7 Å². The van der Waals surface area contributed by atoms with Crippen LogP contribution in [0.3, 0.4) is 0 Å². The van der Waals surface area contributed by atoms with Gasteiger partial charge in [-0.2, -0.15) is 0 Å². The number of alkyl carbamates (subject to hydrolysis) is 1. The Morgan fingerprint density at radius 3 is 2.72 bits per heavy atom. The van der Waals surface area contributed by atoms with Crippen LogP contribution in [-0.2, 0) is 9.53 Å². The van der Waals surface area contributed by atoms with Crippen molar-refractivity contribution in [1.29, 1.82) is 0 Å². The standard InChI is InChI=1S/C12H22N2O4/c1-3-4-14-7-9(6-11(15)16)5-10(8-14)13-12(17)18-2/h9-10H,3-8H2,1-2H3,(H,13,17)(H,15,16). The molecule has 1 aliphatic rings. The van der Waals surface area contributed by atoms with Crippen LogP contribution in [0.1, 0.15) is 26.2 Å². The maximum absolute atomic E-state index is 11.2. The first-order chi connectivity index (χ1) is 8.55. The molecule has 18 heavy (non-hydrogen) atoms. The van der Waals surface area contributed by atoms with Crippen LogP contribution in [0.15, 0.2) is 0 Å². The number of ether oxygens (including phenoxy) is 1. The van der Waals surface area contributed by atoms with E-state index in [2.05, 4.69) is 21.9 Å². The average molecular weight is 258 g/mol. The van der Waals surface area contributed by atoms with Crippen molar-refractivity contribution in [2.45, 2.75) is 32.2 Å². The van der Waals surface area contributed by atoms with Crippen molar-refractivity contribution in [2.24, 2.45) is 5.92 Å². The van der Waals surface area contributed by atoms with Crippen molar-refractivity contribution < 1.29 is 19.4 Å². The van der Waals surface area contributed by atoms with E-state index in [0.717, 1.165) is 26.1 Å². The molecule has 6 nitrogen and oxygen atoms in total. The fraction of sp³-hybridized carbons (Fsp3) is 0.833. The summed E-state index contributed by atoms with van der Waals surface area (Å²) in [4.78, 5) is 24.2. The predicted molar refractivity (Wildman–Crippen MR) is 66.4 cm³/mol. The monoisotopic (exact) mass is 258 g/mol. The number of likely N-dealkylation sites (tertiary alicyclic amines) is 1. The van der Waals surface area contributed by atoms with Crippen LogP contribution in [0, 0.1) is 5.92 Å². The fourth-order valence-corrected chi connectivity index (χ4v) is 2.53. The lowest BCUT2D eigenvalue weighted by molar-refractivity contribution is -0.138. The third kappa shape index (κ3) is 4.91. The number of piperidine rings is 1. The molecule has 0 aromatic carbocycles. The van der Waals surface area contributed by atoms with Crippen molar-refractivity contribution >= 4 is 12.1 Å². The normalized spacial score (nSPS) is 24.6. The lowest BCUT2D eigenvalue weighted by Gasteiger charge is -2.37. The van der Waals surface area contributed by atoms with Gasteiger partial charge in [-0.25, -0.2) is 4.79 Å². The lowest BCUT2D eigenvalue weighted by Crippen LogP contribution is -2.51. The quantitative estimate of drug-likeness (QED) is 0.766. The van der Waals surface area contributed by atoms with E-state index in [0.29, 0.717) is 6.42 Å². The highest BCUT2D eigenvalue weighted by Crippen LogP contribution is 2.20. The molecule has 0 aromatic rings. The number of aliphatic carboxylic acids is 1. The van der Waals surface area contributed by atoms with Crippen molar-refractivity contribution in [3.63, 3.8) is 0 Å². The van der Waals surface area contributed by atoms with E-state index in [1.165, 1.54) is 7.11 Å². The molecule has 0 aromatic heterocycles. The number of carboxylic acid groups (broad SMARTS) is 1. The molecule has 1 amide bonds. The SMILES string of the molecule is CCCN1CC(CC(=O)O)CC(NC(=O)OC)C1. The van der Waals surface area contributed by atoms with E-state index in [1.54, 1.807) is 0 Å². The number of methoxy groups -OCH3 is 1. The molecule has 2 unspecified atom stereocenters. The van der Waals surface area contributed by atoms with E-state index in [1.807, 2.05) is 0 Å². The summed E-state index contributed by atoms with van der Waals surface area (Å²) < 4.78 is 4.58. The zero-order valence-corrected chi connectivity index (χ0v) is 11.0. The lowest BCUT2D eigenvalue weighted by atomic mass is 9.91. The number of rotatable bonds is 5. The largest absolute Gasteiger partial charge is 0.481 e. The third-order valence-corrected chi connectivity index (χ3v) is 3.12. The zero-order valence-electron chi connectivity index (χ0n) is 11.0. The maximum Gasteiger partial charge on any atom is 0.407 e. The summed E-state index contributed by atoms with van der Waals surface area (Å²) in [5.74, 6) is -0.694. The number of carbonyl (C=O) groups is 2. The molecule has 0 aliphatic carbocycles. The number of nitrogens with zero attached hydrogens (tertiary/aromatic N) is 1. The number of carboxylic acids is 1. The minimum atomic E-state index is -0.782. The molecule has 1 saturated heterocycles. The number of carbonyl (C=O) groups excluding carboxylic acids is 1. The van der Waals surface area contributed by atoms with Crippen molar-refractivity contribution in [1.82, 2.24) is 10.2 Å².